The van der Waals surface area contributed by atoms with Gasteiger partial charge in [0.25, 0.3) is 5.91 Å². The Balaban J connectivity index is 1.97. The minimum Gasteiger partial charge on any atom is -0.507 e. The molecule has 0 radical (unpaired) electrons. The Morgan fingerprint density at radius 1 is 1.11 bits per heavy atom. The second kappa shape index (κ2) is 10.1. The molecule has 2 aromatic rings. The van der Waals surface area contributed by atoms with Crippen LogP contribution >= 0.6 is 47.8 Å². The third-order valence-electron chi connectivity index (χ3n) is 3.73. The molecule has 0 spiro atoms. The maximum absolute atomic E-state index is 12.3. The molecule has 0 fully saturated rings. The fourth-order valence-corrected chi connectivity index (χ4v) is 4.42. The van der Waals surface area contributed by atoms with Gasteiger partial charge < -0.3 is 20.4 Å². The lowest BCUT2D eigenvalue weighted by Crippen LogP contribution is -2.33. The zero-order chi connectivity index (χ0) is 20.0. The molecule has 0 aliphatic rings. The molecule has 0 bridgehead atoms. The van der Waals surface area contributed by atoms with E-state index in [0.29, 0.717) is 23.2 Å². The lowest BCUT2D eigenvalue weighted by atomic mass is 10.1. The highest BCUT2D eigenvalue weighted by Crippen LogP contribution is 2.34. The molecular formula is C18H17Br3N2O4. The second-order valence-corrected chi connectivity index (χ2v) is 8.17. The quantitative estimate of drug-likeness (QED) is 0.264. The van der Waals surface area contributed by atoms with Crippen LogP contribution in [0.5, 0.6) is 11.5 Å². The van der Waals surface area contributed by atoms with Gasteiger partial charge in [-0.05, 0) is 89.6 Å². The van der Waals surface area contributed by atoms with Crippen LogP contribution in [0.1, 0.15) is 11.1 Å². The smallest absolute Gasteiger partial charge is 0.269 e. The molecule has 27 heavy (non-hydrogen) atoms. The summed E-state index contributed by atoms with van der Waals surface area (Å²) in [5.74, 6) is 0.360. The molecule has 1 amide bonds. The van der Waals surface area contributed by atoms with E-state index < -0.39 is 5.91 Å². The highest BCUT2D eigenvalue weighted by Gasteiger charge is 2.15. The van der Waals surface area contributed by atoms with Crippen LogP contribution < -0.4 is 10.1 Å². The number of halogens is 3. The van der Waals surface area contributed by atoms with E-state index in [9.17, 15) is 15.1 Å². The minimum atomic E-state index is -0.446. The number of nitrogens with one attached hydrogen (secondary N) is 1. The average Bonchev–Trinajstić information content (AvgIpc) is 2.62. The second-order valence-electron chi connectivity index (χ2n) is 5.61. The van der Waals surface area contributed by atoms with E-state index in [2.05, 4.69) is 58.3 Å². The number of hydrogen-bond donors (Lipinski definition) is 3. The van der Waals surface area contributed by atoms with Crippen molar-refractivity contribution in [2.75, 3.05) is 13.7 Å². The molecule has 2 rings (SSSR count). The van der Waals surface area contributed by atoms with Gasteiger partial charge in [-0.2, -0.15) is 0 Å². The van der Waals surface area contributed by atoms with Gasteiger partial charge in [0.05, 0.1) is 20.5 Å². The van der Waals surface area contributed by atoms with Gasteiger partial charge >= 0.3 is 0 Å². The number of ether oxygens (including phenoxy) is 1. The van der Waals surface area contributed by atoms with E-state index in [1.807, 2.05) is 0 Å². The zero-order valence-corrected chi connectivity index (χ0v) is 19.1. The van der Waals surface area contributed by atoms with Crippen molar-refractivity contribution in [2.45, 2.75) is 12.8 Å². The number of amides is 1. The fraction of sp³-hybridized carbons (Fsp3) is 0.222. The van der Waals surface area contributed by atoms with Crippen LogP contribution in [0, 0.1) is 0 Å². The first-order chi connectivity index (χ1) is 12.8. The number of methoxy groups -OCH3 is 1. The first-order valence-electron chi connectivity index (χ1n) is 7.84. The summed E-state index contributed by atoms with van der Waals surface area (Å²) in [7, 11) is 1.56. The van der Waals surface area contributed by atoms with Crippen LogP contribution in [0.25, 0.3) is 0 Å². The summed E-state index contributed by atoms with van der Waals surface area (Å²) in [4.78, 5) is 12.3. The number of carbonyl (C=O) groups is 1. The highest BCUT2D eigenvalue weighted by atomic mass is 79.9. The third kappa shape index (κ3) is 5.95. The van der Waals surface area contributed by atoms with Crippen LogP contribution in [-0.2, 0) is 17.6 Å². The normalized spacial score (nSPS) is 11.3. The van der Waals surface area contributed by atoms with Crippen LogP contribution in [0.4, 0.5) is 0 Å². The Morgan fingerprint density at radius 3 is 2.30 bits per heavy atom. The molecular weight excluding hydrogens is 548 g/mol. The van der Waals surface area contributed by atoms with Gasteiger partial charge in [0, 0.05) is 13.0 Å². The monoisotopic (exact) mass is 562 g/mol. The molecule has 3 N–H and O–H groups in total. The molecule has 0 atom stereocenters. The Labute approximate surface area is 182 Å². The number of carbonyl (C=O) groups excluding carboxylic acids is 1. The number of rotatable bonds is 7. The summed E-state index contributed by atoms with van der Waals surface area (Å²) in [5, 5.41) is 24.6. The van der Waals surface area contributed by atoms with Crippen molar-refractivity contribution in [3.8, 4) is 11.5 Å². The summed E-state index contributed by atoms with van der Waals surface area (Å²) in [6, 6.07) is 8.75. The Bertz CT molecular complexity index is 849. The Kier molecular flexibility index (Phi) is 8.12. The number of hydrogen-bond acceptors (Lipinski definition) is 5. The number of phenols is 1. The number of nitrogens with zero attached hydrogens (tertiary/aromatic N) is 1. The summed E-state index contributed by atoms with van der Waals surface area (Å²) in [6.45, 7) is 0.366. The molecule has 0 aromatic heterocycles. The number of aromatic hydroxyl groups is 1. The standard InChI is InChI=1S/C18H17Br3N2O4/c1-27-17-13(20)7-11(8-14(17)21)9-15(23-26)18(25)22-5-4-10-2-3-16(24)12(19)6-10/h2-3,6-8,24,26H,4-5,9H2,1H3,(H,22,25)/b23-15-. The molecule has 0 heterocycles. The SMILES string of the molecule is COc1c(Br)cc(C/C(=N/O)C(=O)NCCc2ccc(O)c(Br)c2)cc1Br. The highest BCUT2D eigenvalue weighted by molar-refractivity contribution is 9.11. The van der Waals surface area contributed by atoms with Gasteiger partial charge in [-0.3, -0.25) is 4.79 Å². The fourth-order valence-electron chi connectivity index (χ4n) is 2.39. The van der Waals surface area contributed by atoms with Crippen molar-refractivity contribution in [2.24, 2.45) is 5.16 Å². The average molecular weight is 565 g/mol. The lowest BCUT2D eigenvalue weighted by molar-refractivity contribution is -0.115. The summed E-state index contributed by atoms with van der Waals surface area (Å²) in [5.41, 5.74) is 1.73. The van der Waals surface area contributed by atoms with Crippen LogP contribution in [0.15, 0.2) is 48.9 Å². The van der Waals surface area contributed by atoms with Gasteiger partial charge in [0.2, 0.25) is 0 Å². The lowest BCUT2D eigenvalue weighted by Gasteiger charge is -2.10. The van der Waals surface area contributed by atoms with Crippen molar-refractivity contribution >= 4 is 59.4 Å². The van der Waals surface area contributed by atoms with E-state index in [-0.39, 0.29) is 17.9 Å². The summed E-state index contributed by atoms with van der Waals surface area (Å²) in [6.07, 6.45) is 0.733. The Hall–Kier alpha value is -1.58. The molecule has 0 saturated carbocycles. The predicted molar refractivity (Wildman–Crippen MR) is 114 cm³/mol. The summed E-state index contributed by atoms with van der Waals surface area (Å²) >= 11 is 10.1. The van der Waals surface area contributed by atoms with Crippen molar-refractivity contribution in [1.82, 2.24) is 5.32 Å². The van der Waals surface area contributed by atoms with E-state index in [0.717, 1.165) is 20.1 Å². The maximum Gasteiger partial charge on any atom is 0.269 e. The number of benzene rings is 2. The van der Waals surface area contributed by atoms with E-state index in [4.69, 9.17) is 4.74 Å². The molecule has 6 nitrogen and oxygen atoms in total. The molecule has 0 unspecified atom stereocenters. The number of phenolic OH excluding ortho intramolecular Hbond substituents is 1. The van der Waals surface area contributed by atoms with Crippen molar-refractivity contribution in [3.63, 3.8) is 0 Å². The third-order valence-corrected chi connectivity index (χ3v) is 5.54. The molecule has 144 valence electrons. The number of oxime groups is 1. The van der Waals surface area contributed by atoms with Gasteiger partial charge in [-0.15, -0.1) is 0 Å². The van der Waals surface area contributed by atoms with Crippen LogP contribution in [0.2, 0.25) is 0 Å². The van der Waals surface area contributed by atoms with Crippen molar-refractivity contribution in [1.29, 1.82) is 0 Å². The van der Waals surface area contributed by atoms with Gasteiger partial charge in [-0.1, -0.05) is 11.2 Å². The van der Waals surface area contributed by atoms with Crippen molar-refractivity contribution in [3.05, 3.63) is 54.9 Å². The first-order valence-corrected chi connectivity index (χ1v) is 10.2. The maximum atomic E-state index is 12.3. The predicted octanol–water partition coefficient (Wildman–Crippen LogP) is 4.42. The largest absolute Gasteiger partial charge is 0.507 e. The van der Waals surface area contributed by atoms with Gasteiger partial charge in [-0.25, -0.2) is 0 Å². The summed E-state index contributed by atoms with van der Waals surface area (Å²) < 4.78 is 7.30. The van der Waals surface area contributed by atoms with E-state index in [1.54, 1.807) is 37.4 Å². The molecule has 2 aromatic carbocycles. The van der Waals surface area contributed by atoms with Crippen LogP contribution in [-0.4, -0.2) is 35.6 Å². The molecule has 0 saturated heterocycles. The van der Waals surface area contributed by atoms with Gasteiger partial charge in [0.15, 0.2) is 0 Å². The topological polar surface area (TPSA) is 91.2 Å². The molecule has 0 aliphatic heterocycles. The molecule has 0 aliphatic carbocycles. The van der Waals surface area contributed by atoms with E-state index in [1.165, 1.54) is 0 Å². The van der Waals surface area contributed by atoms with Crippen LogP contribution in [0.3, 0.4) is 0 Å². The van der Waals surface area contributed by atoms with E-state index >= 15 is 0 Å². The minimum absolute atomic E-state index is 0.00542. The van der Waals surface area contributed by atoms with Gasteiger partial charge in [0.1, 0.15) is 17.2 Å². The van der Waals surface area contributed by atoms with Crippen molar-refractivity contribution < 1.29 is 19.8 Å². The zero-order valence-electron chi connectivity index (χ0n) is 14.3. The first kappa shape index (κ1) is 21.7. The molecule has 9 heteroatoms. The Morgan fingerprint density at radius 2 is 1.74 bits per heavy atom.